The Morgan fingerprint density at radius 1 is 1.25 bits per heavy atom. The van der Waals surface area contributed by atoms with E-state index in [0.29, 0.717) is 12.0 Å². The molecule has 2 rings (SSSR count). The number of nitrogens with one attached hydrogen (secondary N) is 1. The topological polar surface area (TPSA) is 38.3 Å². The van der Waals surface area contributed by atoms with E-state index < -0.39 is 0 Å². The molecule has 0 aliphatic heterocycles. The van der Waals surface area contributed by atoms with Crippen LogP contribution in [0.4, 0.5) is 0 Å². The fraction of sp³-hybridized carbons (Fsp3) is 0.286. The summed E-state index contributed by atoms with van der Waals surface area (Å²) in [4.78, 5) is 12.5. The van der Waals surface area contributed by atoms with E-state index in [2.05, 4.69) is 43.1 Å². The molecule has 1 amide bonds. The first-order chi connectivity index (χ1) is 11.6. The van der Waals surface area contributed by atoms with Gasteiger partial charge in [0.2, 0.25) is 0 Å². The number of hydrogen-bond acceptors (Lipinski definition) is 2. The minimum absolute atomic E-state index is 0.0478. The van der Waals surface area contributed by atoms with Gasteiger partial charge in [-0.1, -0.05) is 37.3 Å². The average molecular weight is 323 g/mol. The number of rotatable bonds is 7. The Labute approximate surface area is 144 Å². The lowest BCUT2D eigenvalue weighted by Gasteiger charge is -2.16. The van der Waals surface area contributed by atoms with Crippen molar-refractivity contribution in [1.82, 2.24) is 5.32 Å². The van der Waals surface area contributed by atoms with Crippen molar-refractivity contribution in [2.75, 3.05) is 7.11 Å². The maximum absolute atomic E-state index is 12.5. The fourth-order valence-electron chi connectivity index (χ4n) is 2.64. The van der Waals surface area contributed by atoms with Crippen molar-refractivity contribution in [3.05, 3.63) is 77.4 Å². The van der Waals surface area contributed by atoms with Crippen LogP contribution >= 0.6 is 0 Å². The molecular weight excluding hydrogens is 298 g/mol. The largest absolute Gasteiger partial charge is 0.496 e. The van der Waals surface area contributed by atoms with Gasteiger partial charge in [0.1, 0.15) is 5.75 Å². The smallest absolute Gasteiger partial charge is 0.251 e. The molecule has 0 bridgehead atoms. The molecule has 0 aromatic heterocycles. The summed E-state index contributed by atoms with van der Waals surface area (Å²) in [6.45, 7) is 7.87. The Morgan fingerprint density at radius 2 is 1.96 bits per heavy atom. The second-order valence-electron chi connectivity index (χ2n) is 5.81. The van der Waals surface area contributed by atoms with Gasteiger partial charge in [-0.2, -0.15) is 0 Å². The third-order valence-corrected chi connectivity index (χ3v) is 4.14. The zero-order valence-corrected chi connectivity index (χ0v) is 14.6. The Kier molecular flexibility index (Phi) is 6.19. The monoisotopic (exact) mass is 323 g/mol. The number of amides is 1. The third kappa shape index (κ3) is 4.25. The highest BCUT2D eigenvalue weighted by Crippen LogP contribution is 2.21. The summed E-state index contributed by atoms with van der Waals surface area (Å²) in [5.74, 6) is 0.685. The second kappa shape index (κ2) is 8.34. The van der Waals surface area contributed by atoms with E-state index in [0.717, 1.165) is 23.3 Å². The van der Waals surface area contributed by atoms with Crippen LogP contribution in [0.3, 0.4) is 0 Å². The van der Waals surface area contributed by atoms with E-state index in [1.54, 1.807) is 19.3 Å². The first kappa shape index (κ1) is 17.8. The highest BCUT2D eigenvalue weighted by molar-refractivity contribution is 5.94. The van der Waals surface area contributed by atoms with Gasteiger partial charge in [0.25, 0.3) is 5.91 Å². The normalized spacial score (nSPS) is 11.6. The average Bonchev–Trinajstić information content (AvgIpc) is 2.62. The molecule has 0 spiro atoms. The molecule has 0 saturated heterocycles. The molecular formula is C21H25NO2. The van der Waals surface area contributed by atoms with Crippen molar-refractivity contribution in [2.45, 2.75) is 32.7 Å². The van der Waals surface area contributed by atoms with Crippen molar-refractivity contribution >= 4 is 5.91 Å². The molecule has 0 heterocycles. The number of benzene rings is 2. The molecule has 3 heteroatoms. The minimum Gasteiger partial charge on any atom is -0.496 e. The summed E-state index contributed by atoms with van der Waals surface area (Å²) in [5.41, 5.74) is 3.98. The lowest BCUT2D eigenvalue weighted by atomic mass is 10.0. The first-order valence-corrected chi connectivity index (χ1v) is 8.26. The molecule has 24 heavy (non-hydrogen) atoms. The Hall–Kier alpha value is -2.55. The van der Waals surface area contributed by atoms with Crippen LogP contribution in [0.1, 0.15) is 46.9 Å². The van der Waals surface area contributed by atoms with E-state index in [4.69, 9.17) is 4.74 Å². The van der Waals surface area contributed by atoms with Crippen molar-refractivity contribution < 1.29 is 9.53 Å². The molecule has 0 radical (unpaired) electrons. The SMILES string of the molecule is C=CCc1cc(C(=O)NC(C)c2ccc(CC)cc2)ccc1OC. The lowest BCUT2D eigenvalue weighted by molar-refractivity contribution is 0.0939. The summed E-state index contributed by atoms with van der Waals surface area (Å²) >= 11 is 0. The number of ether oxygens (including phenoxy) is 1. The van der Waals surface area contributed by atoms with Crippen LogP contribution in [-0.4, -0.2) is 13.0 Å². The molecule has 1 atom stereocenters. The third-order valence-electron chi connectivity index (χ3n) is 4.14. The van der Waals surface area contributed by atoms with Crippen molar-refractivity contribution in [3.8, 4) is 5.75 Å². The molecule has 2 aromatic rings. The van der Waals surface area contributed by atoms with Gasteiger partial charge in [0.15, 0.2) is 0 Å². The molecule has 1 unspecified atom stereocenters. The number of aryl methyl sites for hydroxylation is 1. The maximum atomic E-state index is 12.5. The Bertz CT molecular complexity index is 704. The second-order valence-corrected chi connectivity index (χ2v) is 5.81. The Balaban J connectivity index is 2.13. The molecule has 126 valence electrons. The quantitative estimate of drug-likeness (QED) is 0.763. The molecule has 3 nitrogen and oxygen atoms in total. The lowest BCUT2D eigenvalue weighted by Crippen LogP contribution is -2.26. The van der Waals surface area contributed by atoms with Crippen molar-refractivity contribution in [1.29, 1.82) is 0 Å². The molecule has 2 aromatic carbocycles. The van der Waals surface area contributed by atoms with Crippen LogP contribution in [0.5, 0.6) is 5.75 Å². The highest BCUT2D eigenvalue weighted by atomic mass is 16.5. The van der Waals surface area contributed by atoms with Gasteiger partial charge in [-0.15, -0.1) is 6.58 Å². The van der Waals surface area contributed by atoms with E-state index in [1.165, 1.54) is 5.56 Å². The number of carbonyl (C=O) groups excluding carboxylic acids is 1. The number of methoxy groups -OCH3 is 1. The Morgan fingerprint density at radius 3 is 2.54 bits per heavy atom. The van der Waals surface area contributed by atoms with Crippen LogP contribution in [0, 0.1) is 0 Å². The number of hydrogen-bond donors (Lipinski definition) is 1. The summed E-state index contributed by atoms with van der Waals surface area (Å²) in [6.07, 6.45) is 3.48. The van der Waals surface area contributed by atoms with Gasteiger partial charge in [-0.3, -0.25) is 4.79 Å². The molecule has 1 N–H and O–H groups in total. The van der Waals surface area contributed by atoms with Crippen LogP contribution in [0.25, 0.3) is 0 Å². The van der Waals surface area contributed by atoms with Gasteiger partial charge in [-0.05, 0) is 54.7 Å². The molecule has 0 aliphatic carbocycles. The van der Waals surface area contributed by atoms with E-state index >= 15 is 0 Å². The molecule has 0 saturated carbocycles. The van der Waals surface area contributed by atoms with Crippen molar-refractivity contribution in [2.24, 2.45) is 0 Å². The zero-order valence-electron chi connectivity index (χ0n) is 14.6. The van der Waals surface area contributed by atoms with Crippen LogP contribution in [-0.2, 0) is 12.8 Å². The summed E-state index contributed by atoms with van der Waals surface area (Å²) < 4.78 is 5.33. The van der Waals surface area contributed by atoms with E-state index in [-0.39, 0.29) is 11.9 Å². The van der Waals surface area contributed by atoms with E-state index in [1.807, 2.05) is 19.1 Å². The molecule has 0 fully saturated rings. The van der Waals surface area contributed by atoms with E-state index in [9.17, 15) is 4.79 Å². The predicted molar refractivity (Wildman–Crippen MR) is 98.6 cm³/mol. The summed E-state index contributed by atoms with van der Waals surface area (Å²) in [7, 11) is 1.63. The number of carbonyl (C=O) groups is 1. The molecule has 0 aliphatic rings. The van der Waals surface area contributed by atoms with Crippen molar-refractivity contribution in [3.63, 3.8) is 0 Å². The highest BCUT2D eigenvalue weighted by Gasteiger charge is 2.13. The van der Waals surface area contributed by atoms with Crippen LogP contribution in [0.15, 0.2) is 55.1 Å². The maximum Gasteiger partial charge on any atom is 0.251 e. The fourth-order valence-corrected chi connectivity index (χ4v) is 2.64. The standard InChI is InChI=1S/C21H25NO2/c1-5-7-18-14-19(12-13-20(18)24-4)21(23)22-15(3)17-10-8-16(6-2)9-11-17/h5,8-15H,1,6-7H2,2-4H3,(H,22,23). The summed E-state index contributed by atoms with van der Waals surface area (Å²) in [5, 5.41) is 3.05. The first-order valence-electron chi connectivity index (χ1n) is 8.26. The van der Waals surface area contributed by atoms with Crippen LogP contribution in [0.2, 0.25) is 0 Å². The minimum atomic E-state index is -0.0879. The predicted octanol–water partition coefficient (Wildman–Crippen LogP) is 4.48. The van der Waals surface area contributed by atoms with Gasteiger partial charge in [0, 0.05) is 5.56 Å². The zero-order chi connectivity index (χ0) is 17.5. The summed E-state index contributed by atoms with van der Waals surface area (Å²) in [6, 6.07) is 13.8. The van der Waals surface area contributed by atoms with Gasteiger partial charge >= 0.3 is 0 Å². The van der Waals surface area contributed by atoms with Gasteiger partial charge in [0.05, 0.1) is 13.2 Å². The van der Waals surface area contributed by atoms with Crippen LogP contribution < -0.4 is 10.1 Å². The van der Waals surface area contributed by atoms with Gasteiger partial charge < -0.3 is 10.1 Å². The number of allylic oxidation sites excluding steroid dienone is 1. The van der Waals surface area contributed by atoms with Gasteiger partial charge in [-0.25, -0.2) is 0 Å².